The number of hydrogen-bond acceptors (Lipinski definition) is 7. The van der Waals surface area contributed by atoms with Crippen molar-refractivity contribution in [2.75, 3.05) is 13.2 Å². The Bertz CT molecular complexity index is 1260. The molecule has 1 aliphatic heterocycles. The first-order chi connectivity index (χ1) is 16.0. The third-order valence-corrected chi connectivity index (χ3v) is 5.96. The Morgan fingerprint density at radius 3 is 2.65 bits per heavy atom. The first kappa shape index (κ1) is 23.7. The van der Waals surface area contributed by atoms with Gasteiger partial charge in [0.25, 0.3) is 0 Å². The highest BCUT2D eigenvalue weighted by atomic mass is 16.6. The van der Waals surface area contributed by atoms with Crippen LogP contribution in [0.15, 0.2) is 37.9 Å². The van der Waals surface area contributed by atoms with Crippen LogP contribution in [0.2, 0.25) is 0 Å². The summed E-state index contributed by atoms with van der Waals surface area (Å²) in [5, 5.41) is 11.0. The molecule has 1 fully saturated rings. The number of likely N-dealkylation sites (tertiary alicyclic amines) is 1. The van der Waals surface area contributed by atoms with E-state index in [1.165, 1.54) is 6.92 Å². The average molecular weight is 470 g/mol. The van der Waals surface area contributed by atoms with Gasteiger partial charge >= 0.3 is 11.7 Å². The van der Waals surface area contributed by atoms with Gasteiger partial charge in [-0.25, -0.2) is 9.59 Å². The normalized spacial score (nSPS) is 16.6. The number of furan rings is 1. The maximum Gasteiger partial charge on any atom is 0.410 e. The lowest BCUT2D eigenvalue weighted by Gasteiger charge is -2.36. The van der Waals surface area contributed by atoms with E-state index in [1.54, 1.807) is 30.0 Å². The van der Waals surface area contributed by atoms with Gasteiger partial charge in [-0.05, 0) is 78.1 Å². The van der Waals surface area contributed by atoms with Gasteiger partial charge in [0, 0.05) is 17.5 Å². The zero-order valence-electron chi connectivity index (χ0n) is 20.3. The fourth-order valence-corrected chi connectivity index (χ4v) is 4.12. The number of nitrogens with zero attached hydrogens (tertiary/aromatic N) is 1. The molecule has 2 aromatic heterocycles. The van der Waals surface area contributed by atoms with Gasteiger partial charge in [0.2, 0.25) is 0 Å². The van der Waals surface area contributed by atoms with E-state index in [-0.39, 0.29) is 29.2 Å². The summed E-state index contributed by atoms with van der Waals surface area (Å²) in [4.78, 5) is 26.4. The molecule has 182 valence electrons. The van der Waals surface area contributed by atoms with Gasteiger partial charge in [-0.15, -0.1) is 0 Å². The van der Waals surface area contributed by atoms with Gasteiger partial charge in [-0.2, -0.15) is 0 Å². The van der Waals surface area contributed by atoms with Crippen LogP contribution in [-0.4, -0.2) is 40.9 Å². The highest BCUT2D eigenvalue weighted by Gasteiger charge is 2.31. The Hall–Kier alpha value is -3.42. The minimum absolute atomic E-state index is 0.0633. The number of benzene rings is 1. The Labute approximate surface area is 198 Å². The second-order valence-corrected chi connectivity index (χ2v) is 9.76. The van der Waals surface area contributed by atoms with Crippen LogP contribution in [0, 0.1) is 13.8 Å². The molecule has 4 rings (SSSR count). The molecule has 8 heteroatoms. The summed E-state index contributed by atoms with van der Waals surface area (Å²) in [6.07, 6.45) is 2.52. The zero-order valence-corrected chi connectivity index (χ0v) is 20.3. The van der Waals surface area contributed by atoms with Gasteiger partial charge in [-0.1, -0.05) is 0 Å². The highest BCUT2D eigenvalue weighted by Crippen LogP contribution is 2.35. The van der Waals surface area contributed by atoms with E-state index in [9.17, 15) is 14.7 Å². The van der Waals surface area contributed by atoms with E-state index in [0.29, 0.717) is 35.8 Å². The van der Waals surface area contributed by atoms with E-state index in [0.717, 1.165) is 24.6 Å². The van der Waals surface area contributed by atoms with Crippen LogP contribution in [0.1, 0.15) is 51.2 Å². The number of aromatic hydroxyl groups is 1. The van der Waals surface area contributed by atoms with Crippen LogP contribution >= 0.6 is 0 Å². The molecule has 3 aromatic rings. The number of ether oxygens (including phenoxy) is 2. The monoisotopic (exact) mass is 469 g/mol. The second-order valence-electron chi connectivity index (χ2n) is 9.76. The molecule has 0 saturated carbocycles. The van der Waals surface area contributed by atoms with Gasteiger partial charge in [0.05, 0.1) is 11.6 Å². The third-order valence-electron chi connectivity index (χ3n) is 5.96. The van der Waals surface area contributed by atoms with Gasteiger partial charge in [-0.3, -0.25) is 0 Å². The maximum absolute atomic E-state index is 12.6. The molecule has 1 aliphatic rings. The van der Waals surface area contributed by atoms with E-state index in [1.807, 2.05) is 26.8 Å². The lowest BCUT2D eigenvalue weighted by atomic mass is 10.0. The van der Waals surface area contributed by atoms with Crippen molar-refractivity contribution in [3.8, 4) is 23.0 Å². The Kier molecular flexibility index (Phi) is 6.34. The average Bonchev–Trinajstić information content (AvgIpc) is 3.21. The minimum Gasteiger partial charge on any atom is -0.507 e. The minimum atomic E-state index is -0.607. The molecule has 1 saturated heterocycles. The molecule has 3 heterocycles. The van der Waals surface area contributed by atoms with Crippen molar-refractivity contribution < 1.29 is 28.2 Å². The molecule has 0 bridgehead atoms. The molecule has 0 spiro atoms. The number of carbonyl (C=O) groups excluding carboxylic acids is 1. The smallest absolute Gasteiger partial charge is 0.410 e. The van der Waals surface area contributed by atoms with Crippen molar-refractivity contribution in [3.63, 3.8) is 0 Å². The van der Waals surface area contributed by atoms with Gasteiger partial charge in [0.15, 0.2) is 11.5 Å². The third kappa shape index (κ3) is 4.90. The molecule has 0 radical (unpaired) electrons. The van der Waals surface area contributed by atoms with Crippen LogP contribution in [0.25, 0.3) is 22.5 Å². The number of carbonyl (C=O) groups is 1. The largest absolute Gasteiger partial charge is 0.507 e. The highest BCUT2D eigenvalue weighted by molar-refractivity contribution is 5.84. The van der Waals surface area contributed by atoms with Crippen molar-refractivity contribution in [3.05, 3.63) is 45.8 Å². The number of hydrogen-bond donors (Lipinski definition) is 1. The Morgan fingerprint density at radius 1 is 1.15 bits per heavy atom. The first-order valence-corrected chi connectivity index (χ1v) is 11.5. The SMILES string of the molecule is Cc1c(-c2cc3cc(OCC4CCCCN4C(=O)OC(C)(C)C)ccc3o2)oc(=O)c(C)c1O. The van der Waals surface area contributed by atoms with E-state index < -0.39 is 11.2 Å². The molecular weight excluding hydrogens is 438 g/mol. The maximum atomic E-state index is 12.6. The number of amides is 1. The van der Waals surface area contributed by atoms with Crippen LogP contribution in [0.4, 0.5) is 4.79 Å². The van der Waals surface area contributed by atoms with E-state index in [4.69, 9.17) is 18.3 Å². The summed E-state index contributed by atoms with van der Waals surface area (Å²) in [6, 6.07) is 7.10. The Balaban J connectivity index is 1.52. The van der Waals surface area contributed by atoms with Crippen LogP contribution < -0.4 is 10.4 Å². The summed E-state index contributed by atoms with van der Waals surface area (Å²) < 4.78 is 22.8. The van der Waals surface area contributed by atoms with Crippen molar-refractivity contribution in [2.45, 2.75) is 65.5 Å². The molecule has 1 amide bonds. The lowest BCUT2D eigenvalue weighted by Crippen LogP contribution is -2.48. The van der Waals surface area contributed by atoms with Crippen LogP contribution in [0.3, 0.4) is 0 Å². The molecule has 1 atom stereocenters. The van der Waals surface area contributed by atoms with Gasteiger partial charge < -0.3 is 28.3 Å². The summed E-state index contributed by atoms with van der Waals surface area (Å²) >= 11 is 0. The standard InChI is InChI=1S/C26H31NO7/c1-15-22(28)16(2)24(29)33-23(15)21-13-17-12-19(9-10-20(17)32-21)31-14-18-8-6-7-11-27(18)25(30)34-26(3,4)5/h9-10,12-13,18,28H,6-8,11,14H2,1-5H3. The van der Waals surface area contributed by atoms with Crippen LogP contribution in [0.5, 0.6) is 11.5 Å². The number of fused-ring (bicyclic) bond motifs is 1. The molecule has 1 aromatic carbocycles. The summed E-state index contributed by atoms with van der Waals surface area (Å²) in [7, 11) is 0. The summed E-state index contributed by atoms with van der Waals surface area (Å²) in [5.74, 6) is 1.08. The Morgan fingerprint density at radius 2 is 1.91 bits per heavy atom. The van der Waals surface area contributed by atoms with E-state index in [2.05, 4.69) is 0 Å². The number of piperidine rings is 1. The van der Waals surface area contributed by atoms with Gasteiger partial charge in [0.1, 0.15) is 29.3 Å². The molecule has 1 N–H and O–H groups in total. The number of rotatable bonds is 4. The predicted octanol–water partition coefficient (Wildman–Crippen LogP) is 5.54. The molecule has 8 nitrogen and oxygen atoms in total. The van der Waals surface area contributed by atoms with Crippen molar-refractivity contribution in [2.24, 2.45) is 0 Å². The second kappa shape index (κ2) is 9.08. The molecule has 0 aliphatic carbocycles. The summed E-state index contributed by atoms with van der Waals surface area (Å²) in [6.45, 7) is 9.77. The lowest BCUT2D eigenvalue weighted by molar-refractivity contribution is 0.00361. The molecule has 34 heavy (non-hydrogen) atoms. The summed E-state index contributed by atoms with van der Waals surface area (Å²) in [5.41, 5.74) is 0.0425. The molecule has 1 unspecified atom stereocenters. The zero-order chi connectivity index (χ0) is 24.6. The fraction of sp³-hybridized carbons (Fsp3) is 0.462. The van der Waals surface area contributed by atoms with Crippen molar-refractivity contribution >= 4 is 17.1 Å². The van der Waals surface area contributed by atoms with Crippen LogP contribution in [-0.2, 0) is 4.74 Å². The predicted molar refractivity (Wildman–Crippen MR) is 127 cm³/mol. The quantitative estimate of drug-likeness (QED) is 0.535. The van der Waals surface area contributed by atoms with Crippen molar-refractivity contribution in [1.82, 2.24) is 4.90 Å². The van der Waals surface area contributed by atoms with E-state index >= 15 is 0 Å². The fourth-order valence-electron chi connectivity index (χ4n) is 4.12. The first-order valence-electron chi connectivity index (χ1n) is 11.5. The molecular formula is C26H31NO7. The topological polar surface area (TPSA) is 102 Å². The van der Waals surface area contributed by atoms with Crippen molar-refractivity contribution in [1.29, 1.82) is 0 Å².